The second-order valence-electron chi connectivity index (χ2n) is 4.96. The predicted octanol–water partition coefficient (Wildman–Crippen LogP) is -0.337. The molecule has 0 bridgehead atoms. The number of carbonyl (C=O) groups is 3. The molecule has 0 radical (unpaired) electrons. The van der Waals surface area contributed by atoms with Gasteiger partial charge in [-0.05, 0) is 25.7 Å². The zero-order valence-electron chi connectivity index (χ0n) is 10.3. The van der Waals surface area contributed by atoms with Crippen LogP contribution in [0.15, 0.2) is 0 Å². The molecule has 0 unspecified atom stereocenters. The molecule has 0 aromatic rings. The second-order valence-corrected chi connectivity index (χ2v) is 4.96. The van der Waals surface area contributed by atoms with Crippen LogP contribution < -0.4 is 5.73 Å². The number of esters is 1. The summed E-state index contributed by atoms with van der Waals surface area (Å²) in [4.78, 5) is 35.7. The third-order valence-electron chi connectivity index (χ3n) is 3.43. The van der Waals surface area contributed by atoms with Gasteiger partial charge in [0.15, 0.2) is 6.61 Å². The van der Waals surface area contributed by atoms with Crippen molar-refractivity contribution in [1.82, 2.24) is 4.90 Å². The normalized spacial score (nSPS) is 23.6. The van der Waals surface area contributed by atoms with Gasteiger partial charge >= 0.3 is 5.97 Å². The number of likely N-dealkylation sites (tertiary alicyclic amines) is 1. The molecular weight excluding hydrogens is 236 g/mol. The van der Waals surface area contributed by atoms with Crippen LogP contribution in [0.5, 0.6) is 0 Å². The number of carbonyl (C=O) groups excluding carboxylic acids is 3. The highest BCUT2D eigenvalue weighted by atomic mass is 16.5. The standard InChI is InChI=1S/C12H18N2O4/c13-11(16)9-2-1-5-14(6-9)10(15)7-18-12(17)8-3-4-8/h8-9H,1-7H2,(H2,13,16)/t9-/m0/s1. The van der Waals surface area contributed by atoms with Crippen molar-refractivity contribution < 1.29 is 19.1 Å². The van der Waals surface area contributed by atoms with Crippen LogP contribution in [0.25, 0.3) is 0 Å². The number of rotatable bonds is 4. The van der Waals surface area contributed by atoms with Gasteiger partial charge in [0.25, 0.3) is 5.91 Å². The van der Waals surface area contributed by atoms with Crippen molar-refractivity contribution in [3.8, 4) is 0 Å². The van der Waals surface area contributed by atoms with Gasteiger partial charge in [-0.1, -0.05) is 0 Å². The van der Waals surface area contributed by atoms with E-state index in [0.29, 0.717) is 13.1 Å². The minimum Gasteiger partial charge on any atom is -0.455 e. The summed E-state index contributed by atoms with van der Waals surface area (Å²) in [6, 6.07) is 0. The van der Waals surface area contributed by atoms with E-state index in [9.17, 15) is 14.4 Å². The molecule has 1 aliphatic carbocycles. The van der Waals surface area contributed by atoms with Crippen molar-refractivity contribution in [1.29, 1.82) is 0 Å². The minimum absolute atomic E-state index is 0.00229. The summed E-state index contributed by atoms with van der Waals surface area (Å²) in [5.41, 5.74) is 5.24. The Labute approximate surface area is 105 Å². The van der Waals surface area contributed by atoms with Crippen molar-refractivity contribution in [2.45, 2.75) is 25.7 Å². The molecule has 1 heterocycles. The van der Waals surface area contributed by atoms with Gasteiger partial charge in [-0.3, -0.25) is 14.4 Å². The highest BCUT2D eigenvalue weighted by Gasteiger charge is 2.32. The fourth-order valence-corrected chi connectivity index (χ4v) is 2.10. The predicted molar refractivity (Wildman–Crippen MR) is 62.2 cm³/mol. The Morgan fingerprint density at radius 2 is 1.89 bits per heavy atom. The largest absolute Gasteiger partial charge is 0.455 e. The first kappa shape index (κ1) is 12.9. The number of nitrogens with two attached hydrogens (primary N) is 1. The maximum Gasteiger partial charge on any atom is 0.309 e. The molecule has 0 spiro atoms. The van der Waals surface area contributed by atoms with Crippen LogP contribution in [-0.4, -0.2) is 42.4 Å². The lowest BCUT2D eigenvalue weighted by atomic mass is 9.97. The molecule has 2 fully saturated rings. The van der Waals surface area contributed by atoms with Gasteiger partial charge in [-0.2, -0.15) is 0 Å². The topological polar surface area (TPSA) is 89.7 Å². The quantitative estimate of drug-likeness (QED) is 0.695. The molecule has 100 valence electrons. The molecule has 1 saturated heterocycles. The average Bonchev–Trinajstić information content (AvgIpc) is 3.20. The lowest BCUT2D eigenvalue weighted by molar-refractivity contribution is -0.154. The van der Waals surface area contributed by atoms with E-state index in [1.807, 2.05) is 0 Å². The van der Waals surface area contributed by atoms with Crippen LogP contribution >= 0.6 is 0 Å². The second kappa shape index (κ2) is 5.37. The van der Waals surface area contributed by atoms with Gasteiger partial charge in [0.05, 0.1) is 11.8 Å². The van der Waals surface area contributed by atoms with Crippen molar-refractivity contribution in [3.63, 3.8) is 0 Å². The molecule has 0 aromatic carbocycles. The van der Waals surface area contributed by atoms with Gasteiger partial charge in [0.1, 0.15) is 0 Å². The molecule has 6 nitrogen and oxygen atoms in total. The van der Waals surface area contributed by atoms with Gasteiger partial charge in [0.2, 0.25) is 5.91 Å². The maximum atomic E-state index is 11.8. The molecule has 1 aliphatic heterocycles. The molecule has 6 heteroatoms. The lowest BCUT2D eigenvalue weighted by Crippen LogP contribution is -2.45. The van der Waals surface area contributed by atoms with E-state index >= 15 is 0 Å². The van der Waals surface area contributed by atoms with Crippen LogP contribution in [0.3, 0.4) is 0 Å². The highest BCUT2D eigenvalue weighted by molar-refractivity contribution is 5.83. The summed E-state index contributed by atoms with van der Waals surface area (Å²) >= 11 is 0. The zero-order valence-corrected chi connectivity index (χ0v) is 10.3. The number of amides is 2. The molecule has 1 atom stereocenters. The summed E-state index contributed by atoms with van der Waals surface area (Å²) in [6.45, 7) is 0.722. The van der Waals surface area contributed by atoms with E-state index in [1.165, 1.54) is 0 Å². The molecule has 18 heavy (non-hydrogen) atoms. The Morgan fingerprint density at radius 1 is 1.17 bits per heavy atom. The van der Waals surface area contributed by atoms with Crippen molar-refractivity contribution in [2.75, 3.05) is 19.7 Å². The average molecular weight is 254 g/mol. The van der Waals surface area contributed by atoms with Crippen LogP contribution in [-0.2, 0) is 19.1 Å². The van der Waals surface area contributed by atoms with Crippen LogP contribution in [0, 0.1) is 11.8 Å². The third kappa shape index (κ3) is 3.21. The van der Waals surface area contributed by atoms with Crippen LogP contribution in [0.2, 0.25) is 0 Å². The Balaban J connectivity index is 1.77. The first-order chi connectivity index (χ1) is 8.58. The van der Waals surface area contributed by atoms with Crippen molar-refractivity contribution in [2.24, 2.45) is 17.6 Å². The minimum atomic E-state index is -0.373. The highest BCUT2D eigenvalue weighted by Crippen LogP contribution is 2.30. The molecule has 2 rings (SSSR count). The summed E-state index contributed by atoms with van der Waals surface area (Å²) < 4.78 is 4.93. The smallest absolute Gasteiger partial charge is 0.309 e. The van der Waals surface area contributed by atoms with E-state index in [4.69, 9.17) is 10.5 Å². The van der Waals surface area contributed by atoms with Gasteiger partial charge in [-0.25, -0.2) is 0 Å². The van der Waals surface area contributed by atoms with Gasteiger partial charge in [-0.15, -0.1) is 0 Å². The first-order valence-corrected chi connectivity index (χ1v) is 6.31. The summed E-state index contributed by atoms with van der Waals surface area (Å²) in [7, 11) is 0. The number of hydrogen-bond donors (Lipinski definition) is 1. The van der Waals surface area contributed by atoms with E-state index in [-0.39, 0.29) is 36.2 Å². The molecular formula is C12H18N2O4. The molecule has 0 aromatic heterocycles. The Morgan fingerprint density at radius 3 is 2.50 bits per heavy atom. The Kier molecular flexibility index (Phi) is 3.84. The van der Waals surface area contributed by atoms with Gasteiger partial charge in [0, 0.05) is 13.1 Å². The number of primary amides is 1. The number of ether oxygens (including phenoxy) is 1. The van der Waals surface area contributed by atoms with E-state index < -0.39 is 0 Å². The van der Waals surface area contributed by atoms with Crippen LogP contribution in [0.4, 0.5) is 0 Å². The summed E-state index contributed by atoms with van der Waals surface area (Å²) in [5, 5.41) is 0. The van der Waals surface area contributed by atoms with E-state index in [0.717, 1.165) is 25.7 Å². The van der Waals surface area contributed by atoms with E-state index in [2.05, 4.69) is 0 Å². The summed E-state index contributed by atoms with van der Waals surface area (Å²) in [5.74, 6) is -1.18. The Bertz CT molecular complexity index is 365. The van der Waals surface area contributed by atoms with Crippen LogP contribution in [0.1, 0.15) is 25.7 Å². The monoisotopic (exact) mass is 254 g/mol. The van der Waals surface area contributed by atoms with Gasteiger partial charge < -0.3 is 15.4 Å². The van der Waals surface area contributed by atoms with Crippen molar-refractivity contribution >= 4 is 17.8 Å². The fourth-order valence-electron chi connectivity index (χ4n) is 2.10. The number of hydrogen-bond acceptors (Lipinski definition) is 4. The maximum absolute atomic E-state index is 11.8. The molecule has 2 amide bonds. The fraction of sp³-hybridized carbons (Fsp3) is 0.750. The zero-order chi connectivity index (χ0) is 13.1. The number of piperidine rings is 1. The number of nitrogens with zero attached hydrogens (tertiary/aromatic N) is 1. The molecule has 2 aliphatic rings. The van der Waals surface area contributed by atoms with Crippen molar-refractivity contribution in [3.05, 3.63) is 0 Å². The summed E-state index contributed by atoms with van der Waals surface area (Å²) in [6.07, 6.45) is 3.21. The SMILES string of the molecule is NC(=O)[C@H]1CCCN(C(=O)COC(=O)C2CC2)C1. The first-order valence-electron chi connectivity index (χ1n) is 6.31. The third-order valence-corrected chi connectivity index (χ3v) is 3.43. The van der Waals surface area contributed by atoms with E-state index in [1.54, 1.807) is 4.90 Å². The Hall–Kier alpha value is -1.59. The molecule has 2 N–H and O–H groups in total. The lowest BCUT2D eigenvalue weighted by Gasteiger charge is -2.31. The molecule has 1 saturated carbocycles.